The van der Waals surface area contributed by atoms with Gasteiger partial charge in [0.15, 0.2) is 0 Å². The minimum absolute atomic E-state index is 0.0888. The second kappa shape index (κ2) is 4.50. The van der Waals surface area contributed by atoms with Crippen LogP contribution in [0.3, 0.4) is 0 Å². The Bertz CT molecular complexity index is 443. The second-order valence-electron chi connectivity index (χ2n) is 4.13. The smallest absolute Gasteiger partial charge is 0.492 e. The molecule has 0 fully saturated rings. The molecule has 2 heterocycles. The van der Waals surface area contributed by atoms with Gasteiger partial charge >= 0.3 is 7.12 Å². The van der Waals surface area contributed by atoms with Crippen molar-refractivity contribution in [3.63, 3.8) is 0 Å². The maximum absolute atomic E-state index is 6.24. The maximum Gasteiger partial charge on any atom is 0.498 e. The molecule has 1 aromatic rings. The van der Waals surface area contributed by atoms with E-state index in [0.717, 1.165) is 23.2 Å². The van der Waals surface area contributed by atoms with Crippen molar-refractivity contribution in [2.45, 2.75) is 12.5 Å². The quantitative estimate of drug-likeness (QED) is 0.795. The van der Waals surface area contributed by atoms with Crippen LogP contribution < -0.4 is 15.9 Å². The molecule has 3 rings (SSSR count). The van der Waals surface area contributed by atoms with E-state index in [2.05, 4.69) is 0 Å². The van der Waals surface area contributed by atoms with E-state index in [-0.39, 0.29) is 13.2 Å². The van der Waals surface area contributed by atoms with E-state index in [0.29, 0.717) is 24.8 Å². The second-order valence-corrected chi connectivity index (χ2v) is 4.53. The lowest BCUT2D eigenvalue weighted by Gasteiger charge is -2.14. The van der Waals surface area contributed by atoms with Gasteiger partial charge in [-0.3, -0.25) is 0 Å². The highest BCUT2D eigenvalue weighted by Crippen LogP contribution is 2.36. The zero-order valence-corrected chi connectivity index (χ0v) is 10.1. The third-order valence-electron chi connectivity index (χ3n) is 3.08. The van der Waals surface area contributed by atoms with E-state index in [9.17, 15) is 0 Å². The Labute approximate surface area is 105 Å². The summed E-state index contributed by atoms with van der Waals surface area (Å²) in [6.45, 7) is 1.61. The molecule has 90 valence electrons. The predicted molar refractivity (Wildman–Crippen MR) is 65.8 cm³/mol. The Kier molecular flexibility index (Phi) is 3.00. The standard InChI is InChI=1S/C11H13BClNO3/c13-7-1-2-9-11-10(7)8(3-4-14)17-12(11)16-6-5-15-9/h1-2,8H,3-6,14H2/t8-/m0/s1. The van der Waals surface area contributed by atoms with Crippen LogP contribution in [0, 0.1) is 0 Å². The largest absolute Gasteiger partial charge is 0.498 e. The summed E-state index contributed by atoms with van der Waals surface area (Å²) in [5.41, 5.74) is 7.50. The molecule has 0 spiro atoms. The van der Waals surface area contributed by atoms with Crippen LogP contribution in [-0.2, 0) is 9.31 Å². The molecule has 1 atom stereocenters. The van der Waals surface area contributed by atoms with Crippen molar-refractivity contribution in [3.8, 4) is 5.75 Å². The van der Waals surface area contributed by atoms with Gasteiger partial charge in [0.05, 0.1) is 12.7 Å². The summed E-state index contributed by atoms with van der Waals surface area (Å²) in [6, 6.07) is 3.72. The Morgan fingerprint density at radius 1 is 1.41 bits per heavy atom. The van der Waals surface area contributed by atoms with Gasteiger partial charge in [-0.05, 0) is 25.1 Å². The average molecular weight is 253 g/mol. The SMILES string of the molecule is NCC[C@@H]1OB2OCCOc3ccc(Cl)c1c32. The maximum atomic E-state index is 6.24. The molecule has 0 saturated carbocycles. The van der Waals surface area contributed by atoms with Gasteiger partial charge in [0, 0.05) is 16.0 Å². The predicted octanol–water partition coefficient (Wildman–Crippen LogP) is 0.864. The highest BCUT2D eigenvalue weighted by molar-refractivity contribution is 6.64. The Morgan fingerprint density at radius 2 is 2.29 bits per heavy atom. The van der Waals surface area contributed by atoms with E-state index >= 15 is 0 Å². The molecule has 6 heteroatoms. The third-order valence-corrected chi connectivity index (χ3v) is 3.41. The van der Waals surface area contributed by atoms with Crippen molar-refractivity contribution in [1.82, 2.24) is 0 Å². The first-order valence-electron chi connectivity index (χ1n) is 5.73. The molecule has 0 aliphatic carbocycles. The molecule has 0 aromatic heterocycles. The molecule has 0 amide bonds. The molecule has 17 heavy (non-hydrogen) atoms. The summed E-state index contributed by atoms with van der Waals surface area (Å²) in [6.07, 6.45) is 0.643. The molecule has 2 N–H and O–H groups in total. The van der Waals surface area contributed by atoms with Crippen LogP contribution in [-0.4, -0.2) is 26.9 Å². The van der Waals surface area contributed by atoms with Crippen molar-refractivity contribution in [2.75, 3.05) is 19.8 Å². The zero-order chi connectivity index (χ0) is 11.8. The van der Waals surface area contributed by atoms with Crippen LogP contribution in [0.2, 0.25) is 5.02 Å². The first-order chi connectivity index (χ1) is 8.31. The highest BCUT2D eigenvalue weighted by Gasteiger charge is 2.42. The average Bonchev–Trinajstić information content (AvgIpc) is 2.55. The van der Waals surface area contributed by atoms with Crippen LogP contribution in [0.1, 0.15) is 18.1 Å². The number of ether oxygens (including phenoxy) is 1. The fourth-order valence-electron chi connectivity index (χ4n) is 2.36. The molecular formula is C11H13BClNO3. The van der Waals surface area contributed by atoms with E-state index < -0.39 is 0 Å². The molecule has 2 aliphatic heterocycles. The third kappa shape index (κ3) is 1.83. The fourth-order valence-corrected chi connectivity index (χ4v) is 2.65. The molecule has 0 saturated heterocycles. The number of hydrogen-bond acceptors (Lipinski definition) is 4. The van der Waals surface area contributed by atoms with Crippen LogP contribution in [0.4, 0.5) is 0 Å². The Hall–Kier alpha value is -0.745. The summed E-state index contributed by atoms with van der Waals surface area (Å²) >= 11 is 6.24. The zero-order valence-electron chi connectivity index (χ0n) is 9.32. The van der Waals surface area contributed by atoms with Gasteiger partial charge in [-0.15, -0.1) is 0 Å². The summed E-state index contributed by atoms with van der Waals surface area (Å²) < 4.78 is 17.1. The van der Waals surface area contributed by atoms with E-state index in [1.54, 1.807) is 0 Å². The van der Waals surface area contributed by atoms with Gasteiger partial charge in [0.25, 0.3) is 0 Å². The molecule has 0 radical (unpaired) electrons. The number of nitrogens with two attached hydrogens (primary N) is 1. The molecule has 2 aliphatic rings. The van der Waals surface area contributed by atoms with Gasteiger partial charge in [0.1, 0.15) is 12.4 Å². The lowest BCUT2D eigenvalue weighted by Crippen LogP contribution is -2.31. The molecule has 4 nitrogen and oxygen atoms in total. The normalized spacial score (nSPS) is 22.0. The minimum Gasteiger partial charge on any atom is -0.492 e. The lowest BCUT2D eigenvalue weighted by atomic mass is 9.77. The van der Waals surface area contributed by atoms with Crippen LogP contribution >= 0.6 is 11.6 Å². The van der Waals surface area contributed by atoms with Gasteiger partial charge < -0.3 is 19.8 Å². The molecular weight excluding hydrogens is 240 g/mol. The van der Waals surface area contributed by atoms with Crippen molar-refractivity contribution >= 4 is 24.2 Å². The monoisotopic (exact) mass is 253 g/mol. The van der Waals surface area contributed by atoms with Gasteiger partial charge in [-0.1, -0.05) is 11.6 Å². The minimum atomic E-state index is -0.363. The first kappa shape index (κ1) is 11.4. The van der Waals surface area contributed by atoms with Gasteiger partial charge in [0.2, 0.25) is 0 Å². The Morgan fingerprint density at radius 3 is 3.12 bits per heavy atom. The van der Waals surface area contributed by atoms with Crippen molar-refractivity contribution in [1.29, 1.82) is 0 Å². The number of halogens is 1. The van der Waals surface area contributed by atoms with Crippen molar-refractivity contribution in [2.24, 2.45) is 5.73 Å². The highest BCUT2D eigenvalue weighted by atomic mass is 35.5. The lowest BCUT2D eigenvalue weighted by molar-refractivity contribution is 0.140. The summed E-state index contributed by atoms with van der Waals surface area (Å²) in [5.74, 6) is 0.812. The van der Waals surface area contributed by atoms with Crippen LogP contribution in [0.5, 0.6) is 5.75 Å². The van der Waals surface area contributed by atoms with Crippen LogP contribution in [0.15, 0.2) is 12.1 Å². The van der Waals surface area contributed by atoms with E-state index in [4.69, 9.17) is 31.4 Å². The van der Waals surface area contributed by atoms with Gasteiger partial charge in [-0.2, -0.15) is 0 Å². The topological polar surface area (TPSA) is 53.7 Å². The Balaban J connectivity index is 2.10. The summed E-state index contributed by atoms with van der Waals surface area (Å²) in [5, 5.41) is 0.693. The van der Waals surface area contributed by atoms with Crippen molar-refractivity contribution in [3.05, 3.63) is 22.7 Å². The van der Waals surface area contributed by atoms with E-state index in [1.165, 1.54) is 0 Å². The van der Waals surface area contributed by atoms with E-state index in [1.807, 2.05) is 12.1 Å². The number of hydrogen-bond donors (Lipinski definition) is 1. The first-order valence-corrected chi connectivity index (χ1v) is 6.11. The van der Waals surface area contributed by atoms with Gasteiger partial charge in [-0.25, -0.2) is 0 Å². The number of rotatable bonds is 2. The molecule has 0 bridgehead atoms. The molecule has 1 aromatic carbocycles. The molecule has 0 unspecified atom stereocenters. The summed E-state index contributed by atoms with van der Waals surface area (Å²) in [7, 11) is -0.363. The van der Waals surface area contributed by atoms with Crippen molar-refractivity contribution < 1.29 is 14.0 Å². The van der Waals surface area contributed by atoms with Crippen LogP contribution in [0.25, 0.3) is 0 Å². The number of benzene rings is 1. The fraction of sp³-hybridized carbons (Fsp3) is 0.455. The summed E-state index contributed by atoms with van der Waals surface area (Å²) in [4.78, 5) is 0.